The van der Waals surface area contributed by atoms with Gasteiger partial charge in [0.05, 0.1) is 4.88 Å². The molecule has 2 aromatic rings. The summed E-state index contributed by atoms with van der Waals surface area (Å²) < 4.78 is 4.01. The monoisotopic (exact) mass is 237 g/mol. The topological polar surface area (TPSA) is 51.8 Å². The van der Waals surface area contributed by atoms with Crippen LogP contribution in [0.5, 0.6) is 0 Å². The van der Waals surface area contributed by atoms with Crippen LogP contribution in [-0.2, 0) is 12.8 Å². The van der Waals surface area contributed by atoms with E-state index in [2.05, 4.69) is 15.4 Å². The lowest BCUT2D eigenvalue weighted by molar-refractivity contribution is 0.697. The molecule has 3 rings (SSSR count). The van der Waals surface area contributed by atoms with Gasteiger partial charge in [-0.15, -0.1) is 11.3 Å². The van der Waals surface area contributed by atoms with Crippen molar-refractivity contribution in [1.82, 2.24) is 9.36 Å². The molecule has 2 N–H and O–H groups in total. The summed E-state index contributed by atoms with van der Waals surface area (Å²) in [5, 5.41) is 0.965. The Hall–Kier alpha value is -0.940. The average molecular weight is 237 g/mol. The fraction of sp³-hybridized carbons (Fsp3) is 0.400. The standard InChI is InChI=1S/C10H11N3S2/c11-10-12-9(15-13-10)8-5-6-3-1-2-4-7(6)14-8/h5H,1-4H2,(H2,11,13). The fourth-order valence-electron chi connectivity index (χ4n) is 1.93. The lowest BCUT2D eigenvalue weighted by Crippen LogP contribution is -1.96. The van der Waals surface area contributed by atoms with Crippen LogP contribution >= 0.6 is 22.9 Å². The largest absolute Gasteiger partial charge is 0.367 e. The second kappa shape index (κ2) is 3.57. The zero-order valence-corrected chi connectivity index (χ0v) is 9.83. The van der Waals surface area contributed by atoms with Gasteiger partial charge in [0.2, 0.25) is 5.95 Å². The molecule has 0 unspecified atom stereocenters. The fourth-order valence-corrected chi connectivity index (χ4v) is 3.81. The van der Waals surface area contributed by atoms with E-state index >= 15 is 0 Å². The Morgan fingerprint density at radius 2 is 2.13 bits per heavy atom. The third kappa shape index (κ3) is 1.66. The number of fused-ring (bicyclic) bond motifs is 1. The molecular formula is C10H11N3S2. The highest BCUT2D eigenvalue weighted by molar-refractivity contribution is 7.19. The van der Waals surface area contributed by atoms with E-state index in [9.17, 15) is 0 Å². The van der Waals surface area contributed by atoms with Crippen LogP contribution in [0.1, 0.15) is 23.3 Å². The van der Waals surface area contributed by atoms with Crippen LogP contribution in [0.4, 0.5) is 5.95 Å². The number of rotatable bonds is 1. The van der Waals surface area contributed by atoms with Gasteiger partial charge >= 0.3 is 0 Å². The first-order chi connectivity index (χ1) is 7.33. The van der Waals surface area contributed by atoms with Crippen molar-refractivity contribution in [3.8, 4) is 9.88 Å². The molecule has 1 aliphatic rings. The zero-order chi connectivity index (χ0) is 10.3. The lowest BCUT2D eigenvalue weighted by atomic mass is 9.99. The van der Waals surface area contributed by atoms with Gasteiger partial charge in [-0.2, -0.15) is 9.36 Å². The summed E-state index contributed by atoms with van der Waals surface area (Å²) in [6.45, 7) is 0. The third-order valence-corrected chi connectivity index (χ3v) is 4.78. The van der Waals surface area contributed by atoms with Crippen LogP contribution in [0.2, 0.25) is 0 Å². The summed E-state index contributed by atoms with van der Waals surface area (Å²) >= 11 is 3.24. The summed E-state index contributed by atoms with van der Waals surface area (Å²) in [5.41, 5.74) is 7.04. The number of thiophene rings is 1. The van der Waals surface area contributed by atoms with Crippen LogP contribution in [0.3, 0.4) is 0 Å². The van der Waals surface area contributed by atoms with Gasteiger partial charge in [0.25, 0.3) is 0 Å². The Balaban J connectivity index is 2.02. The first-order valence-corrected chi connectivity index (χ1v) is 6.63. The van der Waals surface area contributed by atoms with E-state index in [0.717, 1.165) is 5.01 Å². The molecule has 0 amide bonds. The number of aromatic nitrogens is 2. The molecule has 2 heterocycles. The minimum absolute atomic E-state index is 0.390. The molecule has 0 aliphatic heterocycles. The second-order valence-corrected chi connectivity index (χ2v) is 5.61. The number of nitrogens with zero attached hydrogens (tertiary/aromatic N) is 2. The quantitative estimate of drug-likeness (QED) is 0.829. The van der Waals surface area contributed by atoms with Crippen molar-refractivity contribution < 1.29 is 0 Å². The van der Waals surface area contributed by atoms with Crippen molar-refractivity contribution >= 4 is 28.8 Å². The van der Waals surface area contributed by atoms with Gasteiger partial charge in [0, 0.05) is 4.88 Å². The molecule has 0 saturated heterocycles. The van der Waals surface area contributed by atoms with Crippen LogP contribution in [0.25, 0.3) is 9.88 Å². The van der Waals surface area contributed by atoms with Gasteiger partial charge in [-0.3, -0.25) is 0 Å². The summed E-state index contributed by atoms with van der Waals surface area (Å²) in [6.07, 6.45) is 5.10. The first-order valence-electron chi connectivity index (χ1n) is 5.04. The SMILES string of the molecule is Nc1nsc(-c2cc3c(s2)CCCC3)n1. The second-order valence-electron chi connectivity index (χ2n) is 3.72. The van der Waals surface area contributed by atoms with Gasteiger partial charge in [-0.1, -0.05) is 0 Å². The first kappa shape index (κ1) is 9.30. The van der Waals surface area contributed by atoms with E-state index < -0.39 is 0 Å². The molecule has 5 heteroatoms. The highest BCUT2D eigenvalue weighted by Gasteiger charge is 2.15. The molecule has 0 aromatic carbocycles. The van der Waals surface area contributed by atoms with E-state index in [-0.39, 0.29) is 0 Å². The third-order valence-electron chi connectivity index (χ3n) is 2.65. The molecule has 0 radical (unpaired) electrons. The molecule has 0 fully saturated rings. The molecule has 0 bridgehead atoms. The maximum atomic E-state index is 5.53. The molecule has 3 nitrogen and oxygen atoms in total. The van der Waals surface area contributed by atoms with Crippen molar-refractivity contribution in [2.24, 2.45) is 0 Å². The summed E-state index contributed by atoms with van der Waals surface area (Å²) in [4.78, 5) is 6.98. The van der Waals surface area contributed by atoms with Crippen molar-refractivity contribution in [1.29, 1.82) is 0 Å². The van der Waals surface area contributed by atoms with Crippen LogP contribution in [0.15, 0.2) is 6.07 Å². The lowest BCUT2D eigenvalue weighted by Gasteiger charge is -2.08. The van der Waals surface area contributed by atoms with Gasteiger partial charge in [0.15, 0.2) is 5.01 Å². The predicted molar refractivity (Wildman–Crippen MR) is 64.3 cm³/mol. The number of aryl methyl sites for hydroxylation is 2. The van der Waals surface area contributed by atoms with Crippen molar-refractivity contribution in [3.63, 3.8) is 0 Å². The molecule has 2 aromatic heterocycles. The zero-order valence-electron chi connectivity index (χ0n) is 8.19. The van der Waals surface area contributed by atoms with Gasteiger partial charge < -0.3 is 5.73 Å². The smallest absolute Gasteiger partial charge is 0.232 e. The highest BCUT2D eigenvalue weighted by Crippen LogP contribution is 2.36. The van der Waals surface area contributed by atoms with Gasteiger partial charge in [0.1, 0.15) is 0 Å². The highest BCUT2D eigenvalue weighted by atomic mass is 32.1. The number of nitrogen functional groups attached to an aromatic ring is 1. The maximum absolute atomic E-state index is 5.53. The van der Waals surface area contributed by atoms with E-state index in [4.69, 9.17) is 5.73 Å². The summed E-state index contributed by atoms with van der Waals surface area (Å²) in [5.74, 6) is 0.390. The predicted octanol–water partition coefficient (Wildman–Crippen LogP) is 2.73. The molecule has 15 heavy (non-hydrogen) atoms. The Labute approximate surface area is 96.1 Å². The van der Waals surface area contributed by atoms with Gasteiger partial charge in [-0.05, 0) is 48.8 Å². The number of hydrogen-bond donors (Lipinski definition) is 1. The Morgan fingerprint density at radius 3 is 2.87 bits per heavy atom. The normalized spacial score (nSPS) is 15.2. The number of nitrogens with two attached hydrogens (primary N) is 1. The Kier molecular flexibility index (Phi) is 2.21. The summed E-state index contributed by atoms with van der Waals surface area (Å²) in [7, 11) is 0. The minimum Gasteiger partial charge on any atom is -0.367 e. The average Bonchev–Trinajstić information content (AvgIpc) is 2.82. The van der Waals surface area contributed by atoms with Crippen LogP contribution < -0.4 is 5.73 Å². The molecule has 0 atom stereocenters. The molecule has 0 spiro atoms. The Bertz CT molecular complexity index is 463. The van der Waals surface area contributed by atoms with Crippen LogP contribution in [-0.4, -0.2) is 9.36 Å². The van der Waals surface area contributed by atoms with Gasteiger partial charge in [-0.25, -0.2) is 0 Å². The van der Waals surface area contributed by atoms with Crippen molar-refractivity contribution in [2.75, 3.05) is 5.73 Å². The number of anilines is 1. The van der Waals surface area contributed by atoms with E-state index in [0.29, 0.717) is 5.95 Å². The maximum Gasteiger partial charge on any atom is 0.232 e. The van der Waals surface area contributed by atoms with Crippen molar-refractivity contribution in [2.45, 2.75) is 25.7 Å². The summed E-state index contributed by atoms with van der Waals surface area (Å²) in [6, 6.07) is 2.26. The molecular weight excluding hydrogens is 226 g/mol. The van der Waals surface area contributed by atoms with E-state index in [1.807, 2.05) is 11.3 Å². The minimum atomic E-state index is 0.390. The van der Waals surface area contributed by atoms with E-state index in [1.54, 1.807) is 0 Å². The van der Waals surface area contributed by atoms with Crippen molar-refractivity contribution in [3.05, 3.63) is 16.5 Å². The Morgan fingerprint density at radius 1 is 1.27 bits per heavy atom. The number of hydrogen-bond acceptors (Lipinski definition) is 5. The molecule has 78 valence electrons. The molecule has 1 aliphatic carbocycles. The van der Waals surface area contributed by atoms with Crippen LogP contribution in [0, 0.1) is 0 Å². The molecule has 0 saturated carbocycles. The van der Waals surface area contributed by atoms with E-state index in [1.165, 1.54) is 52.5 Å².